The number of nitrogens with two attached hydrogens (primary N) is 1. The molecule has 0 bridgehead atoms. The van der Waals surface area contributed by atoms with Crippen molar-refractivity contribution in [2.45, 2.75) is 17.4 Å². The van der Waals surface area contributed by atoms with Crippen LogP contribution in [0.25, 0.3) is 0 Å². The van der Waals surface area contributed by atoms with Crippen molar-refractivity contribution in [1.82, 2.24) is 0 Å². The first kappa shape index (κ1) is 14.8. The SMILES string of the molecule is COc1ccc(CC(=O)OC2COC2)cc1S(N)(=O)=O. The van der Waals surface area contributed by atoms with Crippen LogP contribution in [0.5, 0.6) is 5.75 Å². The van der Waals surface area contributed by atoms with Gasteiger partial charge in [-0.1, -0.05) is 6.07 Å². The number of carbonyl (C=O) groups excluding carboxylic acids is 1. The molecule has 2 N–H and O–H groups in total. The lowest BCUT2D eigenvalue weighted by Crippen LogP contribution is -2.38. The Balaban J connectivity index is 2.14. The van der Waals surface area contributed by atoms with E-state index in [2.05, 4.69) is 0 Å². The summed E-state index contributed by atoms with van der Waals surface area (Å²) in [6, 6.07) is 4.35. The zero-order chi connectivity index (χ0) is 14.8. The third-order valence-electron chi connectivity index (χ3n) is 2.79. The van der Waals surface area contributed by atoms with Gasteiger partial charge in [-0.25, -0.2) is 13.6 Å². The Bertz CT molecular complexity index is 608. The van der Waals surface area contributed by atoms with Crippen LogP contribution >= 0.6 is 0 Å². The summed E-state index contributed by atoms with van der Waals surface area (Å²) in [5, 5.41) is 5.10. The summed E-state index contributed by atoms with van der Waals surface area (Å²) in [6.07, 6.45) is -0.248. The Morgan fingerprint density at radius 2 is 2.15 bits per heavy atom. The van der Waals surface area contributed by atoms with Gasteiger partial charge < -0.3 is 14.2 Å². The first-order chi connectivity index (χ1) is 9.40. The smallest absolute Gasteiger partial charge is 0.310 e. The van der Waals surface area contributed by atoms with Gasteiger partial charge in [-0.2, -0.15) is 0 Å². The monoisotopic (exact) mass is 301 g/mol. The van der Waals surface area contributed by atoms with E-state index in [0.29, 0.717) is 18.8 Å². The molecule has 1 aliphatic rings. The molecule has 1 aromatic carbocycles. The number of hydrogen-bond acceptors (Lipinski definition) is 6. The number of rotatable bonds is 5. The second kappa shape index (κ2) is 5.78. The lowest BCUT2D eigenvalue weighted by atomic mass is 10.1. The Kier molecular flexibility index (Phi) is 4.26. The van der Waals surface area contributed by atoms with Gasteiger partial charge in [0.1, 0.15) is 16.7 Å². The van der Waals surface area contributed by atoms with Crippen LogP contribution in [0.2, 0.25) is 0 Å². The summed E-state index contributed by atoms with van der Waals surface area (Å²) >= 11 is 0. The van der Waals surface area contributed by atoms with Crippen molar-refractivity contribution < 1.29 is 27.4 Å². The average Bonchev–Trinajstić information content (AvgIpc) is 2.33. The fourth-order valence-corrected chi connectivity index (χ4v) is 2.48. The minimum atomic E-state index is -3.92. The van der Waals surface area contributed by atoms with Gasteiger partial charge in [-0.05, 0) is 17.7 Å². The van der Waals surface area contributed by atoms with Gasteiger partial charge in [0.05, 0.1) is 26.7 Å². The van der Waals surface area contributed by atoms with Crippen LogP contribution < -0.4 is 9.88 Å². The minimum absolute atomic E-state index is 0.0387. The number of ether oxygens (including phenoxy) is 3. The van der Waals surface area contributed by atoms with E-state index in [1.807, 2.05) is 0 Å². The molecule has 0 radical (unpaired) electrons. The fourth-order valence-electron chi connectivity index (χ4n) is 1.73. The highest BCUT2D eigenvalue weighted by molar-refractivity contribution is 7.89. The third kappa shape index (κ3) is 3.47. The van der Waals surface area contributed by atoms with Crippen LogP contribution in [0.1, 0.15) is 5.56 Å². The van der Waals surface area contributed by atoms with Crippen LogP contribution in [0.15, 0.2) is 23.1 Å². The van der Waals surface area contributed by atoms with Crippen LogP contribution in [-0.4, -0.2) is 40.8 Å². The topological polar surface area (TPSA) is 105 Å². The lowest BCUT2D eigenvalue weighted by Gasteiger charge is -2.25. The quantitative estimate of drug-likeness (QED) is 0.757. The van der Waals surface area contributed by atoms with Gasteiger partial charge in [0.2, 0.25) is 10.0 Å². The van der Waals surface area contributed by atoms with E-state index >= 15 is 0 Å². The van der Waals surface area contributed by atoms with E-state index in [1.165, 1.54) is 19.2 Å². The molecule has 1 fully saturated rings. The lowest BCUT2D eigenvalue weighted by molar-refractivity contribution is -0.171. The van der Waals surface area contributed by atoms with E-state index in [4.69, 9.17) is 19.3 Å². The maximum absolute atomic E-state index is 11.6. The van der Waals surface area contributed by atoms with Crippen molar-refractivity contribution in [3.8, 4) is 5.75 Å². The molecule has 0 aromatic heterocycles. The summed E-state index contributed by atoms with van der Waals surface area (Å²) in [4.78, 5) is 11.5. The Labute approximate surface area is 116 Å². The summed E-state index contributed by atoms with van der Waals surface area (Å²) in [5.74, 6) is -0.305. The zero-order valence-electron chi connectivity index (χ0n) is 10.9. The summed E-state index contributed by atoms with van der Waals surface area (Å²) in [5.41, 5.74) is 0.486. The molecule has 0 atom stereocenters. The van der Waals surface area contributed by atoms with E-state index in [-0.39, 0.29) is 23.2 Å². The number of hydrogen-bond donors (Lipinski definition) is 1. The normalized spacial score (nSPS) is 15.5. The van der Waals surface area contributed by atoms with Crippen molar-refractivity contribution in [3.63, 3.8) is 0 Å². The molecular formula is C12H15NO6S. The molecule has 1 aromatic rings. The molecule has 0 spiro atoms. The van der Waals surface area contributed by atoms with Crippen molar-refractivity contribution in [2.75, 3.05) is 20.3 Å². The van der Waals surface area contributed by atoms with Crippen LogP contribution in [-0.2, 0) is 30.7 Å². The van der Waals surface area contributed by atoms with E-state index < -0.39 is 16.0 Å². The summed E-state index contributed by atoms with van der Waals surface area (Å²) < 4.78 is 37.8. The first-order valence-electron chi connectivity index (χ1n) is 5.87. The standard InChI is InChI=1S/C12H15NO6S/c1-17-10-3-2-8(4-11(10)20(13,15)16)5-12(14)19-9-6-18-7-9/h2-4,9H,5-7H2,1H3,(H2,13,15,16). The van der Waals surface area contributed by atoms with Crippen LogP contribution in [0.3, 0.4) is 0 Å². The molecule has 0 amide bonds. The van der Waals surface area contributed by atoms with E-state index in [9.17, 15) is 13.2 Å². The van der Waals surface area contributed by atoms with Crippen molar-refractivity contribution >= 4 is 16.0 Å². The van der Waals surface area contributed by atoms with Gasteiger partial charge in [0.25, 0.3) is 0 Å². The predicted molar refractivity (Wildman–Crippen MR) is 68.8 cm³/mol. The van der Waals surface area contributed by atoms with Gasteiger partial charge in [-0.3, -0.25) is 4.79 Å². The Morgan fingerprint density at radius 1 is 1.45 bits per heavy atom. The molecule has 1 aliphatic heterocycles. The number of primary sulfonamides is 1. The Morgan fingerprint density at radius 3 is 2.65 bits per heavy atom. The number of methoxy groups -OCH3 is 1. The zero-order valence-corrected chi connectivity index (χ0v) is 11.7. The van der Waals surface area contributed by atoms with Crippen molar-refractivity contribution in [3.05, 3.63) is 23.8 Å². The van der Waals surface area contributed by atoms with Gasteiger partial charge >= 0.3 is 5.97 Å². The first-order valence-corrected chi connectivity index (χ1v) is 7.41. The van der Waals surface area contributed by atoms with Gasteiger partial charge in [0.15, 0.2) is 0 Å². The number of sulfonamides is 1. The number of carbonyl (C=O) groups is 1. The molecule has 8 heteroatoms. The molecule has 0 aliphatic carbocycles. The number of esters is 1. The van der Waals surface area contributed by atoms with Crippen molar-refractivity contribution in [2.24, 2.45) is 5.14 Å². The highest BCUT2D eigenvalue weighted by Gasteiger charge is 2.23. The molecule has 7 nitrogen and oxygen atoms in total. The van der Waals surface area contributed by atoms with Crippen LogP contribution in [0.4, 0.5) is 0 Å². The predicted octanol–water partition coefficient (Wildman–Crippen LogP) is -0.173. The molecule has 0 unspecified atom stereocenters. The molecule has 1 heterocycles. The van der Waals surface area contributed by atoms with Crippen molar-refractivity contribution in [1.29, 1.82) is 0 Å². The number of benzene rings is 1. The minimum Gasteiger partial charge on any atom is -0.495 e. The molecule has 20 heavy (non-hydrogen) atoms. The summed E-state index contributed by atoms with van der Waals surface area (Å²) in [7, 11) is -2.58. The maximum atomic E-state index is 11.6. The Hall–Kier alpha value is -1.64. The van der Waals surface area contributed by atoms with Gasteiger partial charge in [-0.15, -0.1) is 0 Å². The highest BCUT2D eigenvalue weighted by Crippen LogP contribution is 2.24. The van der Waals surface area contributed by atoms with E-state index in [0.717, 1.165) is 0 Å². The molecule has 110 valence electrons. The average molecular weight is 301 g/mol. The molecular weight excluding hydrogens is 286 g/mol. The van der Waals surface area contributed by atoms with Gasteiger partial charge in [0, 0.05) is 0 Å². The highest BCUT2D eigenvalue weighted by atomic mass is 32.2. The largest absolute Gasteiger partial charge is 0.495 e. The molecule has 0 saturated carbocycles. The molecule has 1 saturated heterocycles. The maximum Gasteiger partial charge on any atom is 0.310 e. The van der Waals surface area contributed by atoms with Crippen LogP contribution in [0, 0.1) is 0 Å². The third-order valence-corrected chi connectivity index (χ3v) is 3.72. The second-order valence-electron chi connectivity index (χ2n) is 4.36. The fraction of sp³-hybridized carbons (Fsp3) is 0.417. The second-order valence-corrected chi connectivity index (χ2v) is 5.89. The molecule has 2 rings (SSSR count). The van der Waals surface area contributed by atoms with E-state index in [1.54, 1.807) is 6.07 Å². The summed E-state index contributed by atoms with van der Waals surface area (Å²) in [6.45, 7) is 0.799.